The maximum atomic E-state index is 13.5. The van der Waals surface area contributed by atoms with Crippen LogP contribution >= 0.6 is 11.3 Å². The van der Waals surface area contributed by atoms with E-state index in [0.29, 0.717) is 54.1 Å². The molecule has 1 amide bonds. The lowest BCUT2D eigenvalue weighted by Crippen LogP contribution is -2.50. The minimum Gasteiger partial charge on any atom is -0.479 e. The second kappa shape index (κ2) is 10.1. The number of rotatable bonds is 7. The van der Waals surface area contributed by atoms with Crippen LogP contribution in [0.1, 0.15) is 52.0 Å². The summed E-state index contributed by atoms with van der Waals surface area (Å²) in [5, 5.41) is 11.9. The summed E-state index contributed by atoms with van der Waals surface area (Å²) in [4.78, 5) is 16.1. The Morgan fingerprint density at radius 2 is 1.82 bits per heavy atom. The van der Waals surface area contributed by atoms with Crippen LogP contribution in [0.25, 0.3) is 16.0 Å². The zero-order chi connectivity index (χ0) is 29.0. The number of amides is 1. The molecule has 5 rings (SSSR count). The number of alkyl halides is 2. The fraction of sp³-hybridized carbons (Fsp3) is 0.583. The van der Waals surface area contributed by atoms with Crippen molar-refractivity contribution in [1.29, 1.82) is 0 Å². The molecule has 0 spiro atoms. The summed E-state index contributed by atoms with van der Waals surface area (Å²) < 4.78 is 68.6. The van der Waals surface area contributed by atoms with Gasteiger partial charge in [-0.1, -0.05) is 11.3 Å². The van der Waals surface area contributed by atoms with Gasteiger partial charge in [-0.2, -0.15) is 0 Å². The molecule has 2 aromatic heterocycles. The molecule has 1 aromatic carbocycles. The number of hydrogen-bond acceptors (Lipinski definition) is 10. The Hall–Kier alpha value is -3.11. The molecule has 1 aliphatic heterocycles. The van der Waals surface area contributed by atoms with Crippen LogP contribution in [0.4, 0.5) is 19.3 Å². The zero-order valence-corrected chi connectivity index (χ0v) is 24.4. The van der Waals surface area contributed by atoms with Crippen LogP contribution in [0, 0.1) is 0 Å². The number of nitrogens with zero attached hydrogens (tertiary/aromatic N) is 6. The van der Waals surface area contributed by atoms with Gasteiger partial charge in [-0.05, 0) is 52.7 Å². The molecule has 12 nitrogen and oxygen atoms in total. The van der Waals surface area contributed by atoms with Crippen LogP contribution in [0.3, 0.4) is 0 Å². The molecule has 0 bridgehead atoms. The molecule has 0 unspecified atom stereocenters. The number of fused-ring (bicyclic) bond motifs is 1. The minimum absolute atomic E-state index is 0.0138. The van der Waals surface area contributed by atoms with Gasteiger partial charge in [0.05, 0.1) is 28.6 Å². The summed E-state index contributed by atoms with van der Waals surface area (Å²) in [7, 11) is -2.54. The first-order valence-corrected chi connectivity index (χ1v) is 15.0. The van der Waals surface area contributed by atoms with Crippen molar-refractivity contribution in [2.75, 3.05) is 38.2 Å². The van der Waals surface area contributed by atoms with Gasteiger partial charge in [0.25, 0.3) is 6.43 Å². The Bertz CT molecular complexity index is 1540. The highest BCUT2D eigenvalue weighted by atomic mass is 32.2. The number of benzene rings is 1. The highest BCUT2D eigenvalue weighted by Gasteiger charge is 2.42. The van der Waals surface area contributed by atoms with Gasteiger partial charge in [0, 0.05) is 31.7 Å². The van der Waals surface area contributed by atoms with Crippen molar-refractivity contribution >= 4 is 44.0 Å². The van der Waals surface area contributed by atoms with Gasteiger partial charge in [0.15, 0.2) is 5.01 Å². The molecular formula is C24H31F2N7O5S2. The molecular weight excluding hydrogens is 568 g/mol. The standard InChI is InChI=1S/C24H31F2N7O5S2/c1-23(2,3)38-22(34)32-10-8-31(9-11-32)15-12-14(40(35,36)30-24(4)6-7-24)13-16-17(15)19(37-5)29-33(16)21-28-27-20(39-21)18(25)26/h12-13,18,30H,6-11H2,1-5H3. The quantitative estimate of drug-likeness (QED) is 0.432. The number of methoxy groups -OCH3 is 1. The molecule has 1 saturated carbocycles. The first kappa shape index (κ1) is 28.4. The van der Waals surface area contributed by atoms with Gasteiger partial charge in [-0.3, -0.25) is 0 Å². The molecule has 1 N–H and O–H groups in total. The summed E-state index contributed by atoms with van der Waals surface area (Å²) in [6, 6.07) is 2.99. The molecule has 2 aliphatic rings. The number of anilines is 1. The molecule has 2 fully saturated rings. The lowest BCUT2D eigenvalue weighted by Gasteiger charge is -2.37. The average Bonchev–Trinajstić information content (AvgIpc) is 3.27. The lowest BCUT2D eigenvalue weighted by molar-refractivity contribution is 0.0240. The number of aromatic nitrogens is 4. The van der Waals surface area contributed by atoms with Crippen molar-refractivity contribution in [1.82, 2.24) is 29.6 Å². The molecule has 218 valence electrons. The molecule has 1 saturated heterocycles. The van der Waals surface area contributed by atoms with E-state index in [0.717, 1.165) is 12.8 Å². The van der Waals surface area contributed by atoms with E-state index in [9.17, 15) is 22.0 Å². The monoisotopic (exact) mass is 599 g/mol. The molecule has 40 heavy (non-hydrogen) atoms. The molecule has 16 heteroatoms. The average molecular weight is 600 g/mol. The molecule has 0 radical (unpaired) electrons. The number of carbonyl (C=O) groups excluding carboxylic acids is 1. The second-order valence-electron chi connectivity index (χ2n) is 11.1. The van der Waals surface area contributed by atoms with Gasteiger partial charge < -0.3 is 19.3 Å². The van der Waals surface area contributed by atoms with Crippen molar-refractivity contribution in [3.8, 4) is 11.0 Å². The molecule has 0 atom stereocenters. The number of hydrogen-bond donors (Lipinski definition) is 1. The first-order valence-electron chi connectivity index (χ1n) is 12.7. The Labute approximate surface area is 234 Å². The van der Waals surface area contributed by atoms with Crippen LogP contribution in [-0.2, 0) is 14.8 Å². The summed E-state index contributed by atoms with van der Waals surface area (Å²) >= 11 is 0.651. The third-order valence-electron chi connectivity index (χ3n) is 6.66. The fourth-order valence-electron chi connectivity index (χ4n) is 4.39. The number of sulfonamides is 1. The summed E-state index contributed by atoms with van der Waals surface area (Å²) in [5.41, 5.74) is -0.326. The third kappa shape index (κ3) is 5.69. The van der Waals surface area contributed by atoms with Crippen LogP contribution in [0.15, 0.2) is 17.0 Å². The molecule has 3 heterocycles. The predicted octanol–water partition coefficient (Wildman–Crippen LogP) is 3.71. The smallest absolute Gasteiger partial charge is 0.410 e. The Morgan fingerprint density at radius 1 is 1.15 bits per heavy atom. The Balaban J connectivity index is 1.58. The summed E-state index contributed by atoms with van der Waals surface area (Å²) in [5.74, 6) is 0.166. The van der Waals surface area contributed by atoms with Gasteiger partial charge in [0.2, 0.25) is 21.0 Å². The topological polar surface area (TPSA) is 132 Å². The van der Waals surface area contributed by atoms with E-state index in [2.05, 4.69) is 20.0 Å². The highest BCUT2D eigenvalue weighted by molar-refractivity contribution is 7.89. The van der Waals surface area contributed by atoms with E-state index in [1.807, 2.05) is 11.8 Å². The number of halogens is 2. The zero-order valence-electron chi connectivity index (χ0n) is 22.8. The Morgan fingerprint density at radius 3 is 2.38 bits per heavy atom. The van der Waals surface area contributed by atoms with E-state index in [-0.39, 0.29) is 15.9 Å². The van der Waals surface area contributed by atoms with Crippen molar-refractivity contribution in [3.63, 3.8) is 0 Å². The minimum atomic E-state index is -3.95. The van der Waals surface area contributed by atoms with E-state index in [1.54, 1.807) is 31.7 Å². The van der Waals surface area contributed by atoms with E-state index in [4.69, 9.17) is 9.47 Å². The van der Waals surface area contributed by atoms with E-state index in [1.165, 1.54) is 17.9 Å². The largest absolute Gasteiger partial charge is 0.479 e. The van der Waals surface area contributed by atoms with Crippen LogP contribution in [-0.4, -0.2) is 83.8 Å². The van der Waals surface area contributed by atoms with Crippen LogP contribution in [0.5, 0.6) is 5.88 Å². The summed E-state index contributed by atoms with van der Waals surface area (Å²) in [6.07, 6.45) is -1.79. The third-order valence-corrected chi connectivity index (χ3v) is 9.18. The van der Waals surface area contributed by atoms with Gasteiger partial charge >= 0.3 is 6.09 Å². The first-order chi connectivity index (χ1) is 18.7. The lowest BCUT2D eigenvalue weighted by atomic mass is 10.1. The van der Waals surface area contributed by atoms with Gasteiger partial charge in [-0.15, -0.1) is 15.3 Å². The van der Waals surface area contributed by atoms with Crippen molar-refractivity contribution in [2.24, 2.45) is 0 Å². The van der Waals surface area contributed by atoms with Gasteiger partial charge in [0.1, 0.15) is 5.60 Å². The molecule has 1 aliphatic carbocycles. The van der Waals surface area contributed by atoms with E-state index >= 15 is 0 Å². The number of carbonyl (C=O) groups is 1. The van der Waals surface area contributed by atoms with Crippen molar-refractivity contribution in [3.05, 3.63) is 17.1 Å². The normalized spacial score (nSPS) is 17.5. The van der Waals surface area contributed by atoms with Crippen molar-refractivity contribution < 1.29 is 31.5 Å². The second-order valence-corrected chi connectivity index (χ2v) is 13.8. The number of piperazine rings is 1. The predicted molar refractivity (Wildman–Crippen MR) is 144 cm³/mol. The highest BCUT2D eigenvalue weighted by Crippen LogP contribution is 2.41. The van der Waals surface area contributed by atoms with E-state index < -0.39 is 38.7 Å². The summed E-state index contributed by atoms with van der Waals surface area (Å²) in [6.45, 7) is 8.67. The molecule has 3 aromatic rings. The van der Waals surface area contributed by atoms with Gasteiger partial charge in [-0.25, -0.2) is 31.4 Å². The Kier molecular flexibility index (Phi) is 7.15. The SMILES string of the molecule is COc1nn(-c2nnc(C(F)F)s2)c2cc(S(=O)(=O)NC3(C)CC3)cc(N3CCN(C(=O)OC(C)(C)C)CC3)c12. The van der Waals surface area contributed by atoms with Crippen LogP contribution in [0.2, 0.25) is 0 Å². The van der Waals surface area contributed by atoms with Crippen LogP contribution < -0.4 is 14.4 Å². The fourth-order valence-corrected chi connectivity index (χ4v) is 6.56. The maximum absolute atomic E-state index is 13.5. The number of nitrogens with one attached hydrogen (secondary N) is 1. The number of ether oxygens (including phenoxy) is 2. The maximum Gasteiger partial charge on any atom is 0.410 e. The van der Waals surface area contributed by atoms with Crippen molar-refractivity contribution in [2.45, 2.75) is 63.0 Å².